The van der Waals surface area contributed by atoms with Crippen LogP contribution in [-0.4, -0.2) is 0 Å². The first-order valence-corrected chi connectivity index (χ1v) is 14.0. The topological polar surface area (TPSA) is 0 Å². The van der Waals surface area contributed by atoms with Crippen LogP contribution in [0.5, 0.6) is 0 Å². The molecule has 0 spiro atoms. The van der Waals surface area contributed by atoms with Crippen LogP contribution in [0.4, 0.5) is 0 Å². The summed E-state index contributed by atoms with van der Waals surface area (Å²) in [6, 6.07) is 30.8. The van der Waals surface area contributed by atoms with Gasteiger partial charge in [-0.15, -0.1) is 0 Å². The molecule has 0 aliphatic heterocycles. The molecule has 0 heteroatoms. The Hall–Kier alpha value is -4.68. The lowest BCUT2D eigenvalue weighted by atomic mass is 9.87. The summed E-state index contributed by atoms with van der Waals surface area (Å²) in [4.78, 5) is 0. The lowest BCUT2D eigenvalue weighted by Gasteiger charge is -2.16. The molecule has 1 aliphatic rings. The Bertz CT molecular complexity index is 1690. The van der Waals surface area contributed by atoms with Crippen LogP contribution in [0.1, 0.15) is 38.3 Å². The van der Waals surface area contributed by atoms with Gasteiger partial charge in [-0.1, -0.05) is 146 Å². The number of rotatable bonds is 8. The molecule has 0 heterocycles. The highest BCUT2D eigenvalue weighted by Gasteiger charge is 2.29. The highest BCUT2D eigenvalue weighted by molar-refractivity contribution is 6.27. The largest absolute Gasteiger partial charge is 0.0991 e. The van der Waals surface area contributed by atoms with Crippen LogP contribution in [0.25, 0.3) is 44.2 Å². The summed E-state index contributed by atoms with van der Waals surface area (Å²) in [7, 11) is 0. The molecule has 196 valence electrons. The first-order valence-electron chi connectivity index (χ1n) is 14.0. The predicted molar refractivity (Wildman–Crippen MR) is 177 cm³/mol. The van der Waals surface area contributed by atoms with E-state index in [1.165, 1.54) is 66.4 Å². The first kappa shape index (κ1) is 26.9. The van der Waals surface area contributed by atoms with E-state index in [4.69, 9.17) is 0 Å². The Morgan fingerprint density at radius 3 is 1.80 bits per heavy atom. The van der Waals surface area contributed by atoms with Gasteiger partial charge in [-0.25, -0.2) is 0 Å². The lowest BCUT2D eigenvalue weighted by Crippen LogP contribution is -1.95. The van der Waals surface area contributed by atoms with E-state index in [1.807, 2.05) is 6.08 Å². The van der Waals surface area contributed by atoms with Gasteiger partial charge in [0.1, 0.15) is 0 Å². The van der Waals surface area contributed by atoms with E-state index in [9.17, 15) is 0 Å². The highest BCUT2D eigenvalue weighted by Crippen LogP contribution is 2.52. The maximum atomic E-state index is 4.39. The van der Waals surface area contributed by atoms with E-state index in [0.717, 1.165) is 12.0 Å². The molecule has 0 fully saturated rings. The zero-order valence-corrected chi connectivity index (χ0v) is 23.7. The minimum Gasteiger partial charge on any atom is -0.0991 e. The van der Waals surface area contributed by atoms with Crippen molar-refractivity contribution in [1.82, 2.24) is 0 Å². The summed E-state index contributed by atoms with van der Waals surface area (Å²) >= 11 is 0. The molecule has 4 aromatic carbocycles. The van der Waals surface area contributed by atoms with E-state index in [0.29, 0.717) is 0 Å². The van der Waals surface area contributed by atoms with Gasteiger partial charge in [0, 0.05) is 0 Å². The minimum atomic E-state index is 0.762. The quantitative estimate of drug-likeness (QED) is 0.204. The average molecular weight is 517 g/mol. The second-order valence-electron chi connectivity index (χ2n) is 10.2. The van der Waals surface area contributed by atoms with Crippen molar-refractivity contribution in [3.63, 3.8) is 0 Å². The first-order chi connectivity index (χ1) is 19.6. The van der Waals surface area contributed by atoms with Gasteiger partial charge in [0.2, 0.25) is 0 Å². The van der Waals surface area contributed by atoms with Gasteiger partial charge in [-0.05, 0) is 93.6 Å². The minimum absolute atomic E-state index is 0.762. The van der Waals surface area contributed by atoms with Gasteiger partial charge in [0.25, 0.3) is 0 Å². The summed E-state index contributed by atoms with van der Waals surface area (Å²) in [6.07, 6.45) is 15.3. The van der Waals surface area contributed by atoms with Crippen LogP contribution >= 0.6 is 0 Å². The van der Waals surface area contributed by atoms with Crippen molar-refractivity contribution >= 4 is 21.9 Å². The van der Waals surface area contributed by atoms with Crippen molar-refractivity contribution in [3.05, 3.63) is 168 Å². The molecule has 0 saturated heterocycles. The van der Waals surface area contributed by atoms with E-state index < -0.39 is 0 Å². The third kappa shape index (κ3) is 5.01. The number of allylic oxidation sites excluding steroid dienone is 12. The van der Waals surface area contributed by atoms with Crippen molar-refractivity contribution in [1.29, 1.82) is 0 Å². The van der Waals surface area contributed by atoms with E-state index in [-0.39, 0.29) is 0 Å². The Balaban J connectivity index is 1.89. The SMILES string of the molecule is C=C/C=C\C(=C)CC(=C1\C(=C/C)c2ccc(-c3ccccc3)c3c(-c4ccccc4)ccc1c23)/C(C)=C/C=C\C. The van der Waals surface area contributed by atoms with Gasteiger partial charge in [-0.2, -0.15) is 0 Å². The number of hydrogen-bond acceptors (Lipinski definition) is 0. The summed E-state index contributed by atoms with van der Waals surface area (Å²) in [5.74, 6) is 0. The van der Waals surface area contributed by atoms with Crippen molar-refractivity contribution in [3.8, 4) is 22.3 Å². The third-order valence-corrected chi connectivity index (χ3v) is 7.64. The lowest BCUT2D eigenvalue weighted by molar-refractivity contribution is 1.17. The molecule has 40 heavy (non-hydrogen) atoms. The molecule has 0 aromatic heterocycles. The zero-order valence-electron chi connectivity index (χ0n) is 23.7. The van der Waals surface area contributed by atoms with Gasteiger partial charge in [0.15, 0.2) is 0 Å². The molecule has 0 radical (unpaired) electrons. The van der Waals surface area contributed by atoms with Crippen LogP contribution in [-0.2, 0) is 0 Å². The molecular formula is C40H36. The van der Waals surface area contributed by atoms with Gasteiger partial charge < -0.3 is 0 Å². The molecule has 0 unspecified atom stereocenters. The Labute approximate surface area is 239 Å². The number of hydrogen-bond donors (Lipinski definition) is 0. The van der Waals surface area contributed by atoms with Crippen molar-refractivity contribution in [2.24, 2.45) is 0 Å². The average Bonchev–Trinajstić information content (AvgIpc) is 3.32. The fourth-order valence-electron chi connectivity index (χ4n) is 5.81. The van der Waals surface area contributed by atoms with Gasteiger partial charge >= 0.3 is 0 Å². The molecule has 5 rings (SSSR count). The molecule has 1 aliphatic carbocycles. The molecule has 4 aromatic rings. The Morgan fingerprint density at radius 1 is 0.700 bits per heavy atom. The van der Waals surface area contributed by atoms with E-state index in [2.05, 4.69) is 149 Å². The molecule has 0 atom stereocenters. The van der Waals surface area contributed by atoms with Gasteiger partial charge in [-0.3, -0.25) is 0 Å². The molecular weight excluding hydrogens is 480 g/mol. The Kier molecular flexibility index (Phi) is 8.08. The van der Waals surface area contributed by atoms with E-state index >= 15 is 0 Å². The highest BCUT2D eigenvalue weighted by atomic mass is 14.3. The van der Waals surface area contributed by atoms with Crippen LogP contribution < -0.4 is 0 Å². The summed E-state index contributed by atoms with van der Waals surface area (Å²) in [5.41, 5.74) is 13.8. The molecule has 0 amide bonds. The monoisotopic (exact) mass is 516 g/mol. The molecule has 0 saturated carbocycles. The smallest absolute Gasteiger partial charge is 0.00139 e. The predicted octanol–water partition coefficient (Wildman–Crippen LogP) is 11.6. The molecule has 0 bridgehead atoms. The van der Waals surface area contributed by atoms with Crippen LogP contribution in [0.3, 0.4) is 0 Å². The molecule has 0 nitrogen and oxygen atoms in total. The van der Waals surface area contributed by atoms with Crippen molar-refractivity contribution < 1.29 is 0 Å². The fourth-order valence-corrected chi connectivity index (χ4v) is 5.81. The molecule has 0 N–H and O–H groups in total. The summed E-state index contributed by atoms with van der Waals surface area (Å²) in [6.45, 7) is 14.7. The summed E-state index contributed by atoms with van der Waals surface area (Å²) < 4.78 is 0. The maximum Gasteiger partial charge on any atom is -0.00139 e. The second kappa shape index (κ2) is 12.0. The third-order valence-electron chi connectivity index (χ3n) is 7.64. The maximum absolute atomic E-state index is 4.39. The van der Waals surface area contributed by atoms with Crippen LogP contribution in [0.2, 0.25) is 0 Å². The van der Waals surface area contributed by atoms with Crippen LogP contribution in [0.15, 0.2) is 157 Å². The van der Waals surface area contributed by atoms with Crippen molar-refractivity contribution in [2.75, 3.05) is 0 Å². The zero-order chi connectivity index (χ0) is 28.1. The normalized spacial score (nSPS) is 15.5. The number of benzene rings is 4. The summed E-state index contributed by atoms with van der Waals surface area (Å²) in [5, 5.41) is 2.64. The fraction of sp³-hybridized carbons (Fsp3) is 0.100. The van der Waals surface area contributed by atoms with Gasteiger partial charge in [0.05, 0.1) is 0 Å². The van der Waals surface area contributed by atoms with Crippen LogP contribution in [0, 0.1) is 0 Å². The van der Waals surface area contributed by atoms with Crippen molar-refractivity contribution in [2.45, 2.75) is 27.2 Å². The second-order valence-corrected chi connectivity index (χ2v) is 10.2. The standard InChI is InChI=1S/C40H36/c1-6-9-17-28(4)27-37(29(5)18-10-7-2)38-32(8-3)35-25-23-33(30-19-13-11-14-20-30)39-34(24-26-36(38)40(35)39)31-21-15-12-16-22-31/h6-26H,1,4,27H2,2-3,5H3/b10-7-,17-9-,29-18+,32-8-,38-37-. The Morgan fingerprint density at radius 2 is 1.25 bits per heavy atom. The van der Waals surface area contributed by atoms with E-state index in [1.54, 1.807) is 6.08 Å².